The van der Waals surface area contributed by atoms with Crippen LogP contribution in [0.5, 0.6) is 0 Å². The Kier molecular flexibility index (Phi) is 3.37. The normalized spacial score (nSPS) is 13.0. The predicted molar refractivity (Wildman–Crippen MR) is 93.3 cm³/mol. The standard InChI is InChI=1S/C17H19N7O2/c1-16(2,25)12-5-6-23-10(7-18-14(23)21-12)11-8-19-15-22-13(17(3,4)26)9-20-24(11)15/h5-9,25-26H,1-4H3. The minimum atomic E-state index is -1.10. The summed E-state index contributed by atoms with van der Waals surface area (Å²) in [6, 6.07) is 1.75. The molecule has 0 aromatic carbocycles. The van der Waals surface area contributed by atoms with E-state index in [-0.39, 0.29) is 0 Å². The van der Waals surface area contributed by atoms with Crippen LogP contribution in [0.3, 0.4) is 0 Å². The van der Waals surface area contributed by atoms with Crippen LogP contribution < -0.4 is 0 Å². The fourth-order valence-corrected chi connectivity index (χ4v) is 2.65. The summed E-state index contributed by atoms with van der Waals surface area (Å²) < 4.78 is 3.38. The van der Waals surface area contributed by atoms with Gasteiger partial charge in [0.15, 0.2) is 0 Å². The lowest BCUT2D eigenvalue weighted by Crippen LogP contribution is -2.19. The van der Waals surface area contributed by atoms with E-state index < -0.39 is 11.2 Å². The summed E-state index contributed by atoms with van der Waals surface area (Å²) in [5.41, 5.74) is 0.275. The Bertz CT molecular complexity index is 1030. The van der Waals surface area contributed by atoms with Crippen molar-refractivity contribution in [3.8, 4) is 11.4 Å². The van der Waals surface area contributed by atoms with E-state index in [1.165, 1.54) is 6.20 Å². The maximum atomic E-state index is 10.1. The van der Waals surface area contributed by atoms with E-state index in [1.807, 2.05) is 0 Å². The van der Waals surface area contributed by atoms with Crippen molar-refractivity contribution in [2.45, 2.75) is 38.9 Å². The molecule has 0 bridgehead atoms. The molecule has 0 fully saturated rings. The highest BCUT2D eigenvalue weighted by Gasteiger charge is 2.22. The van der Waals surface area contributed by atoms with Gasteiger partial charge in [-0.1, -0.05) is 0 Å². The second kappa shape index (κ2) is 5.29. The molecule has 0 radical (unpaired) electrons. The summed E-state index contributed by atoms with van der Waals surface area (Å²) in [7, 11) is 0. The molecule has 0 aliphatic carbocycles. The van der Waals surface area contributed by atoms with Crippen LogP contribution in [0, 0.1) is 0 Å². The first kappa shape index (κ1) is 16.6. The van der Waals surface area contributed by atoms with Crippen molar-refractivity contribution < 1.29 is 10.2 Å². The number of aromatic nitrogens is 7. The van der Waals surface area contributed by atoms with E-state index in [0.717, 1.165) is 5.69 Å². The van der Waals surface area contributed by atoms with Crippen LogP contribution in [0.4, 0.5) is 0 Å². The first-order chi connectivity index (χ1) is 12.1. The van der Waals surface area contributed by atoms with Gasteiger partial charge in [-0.2, -0.15) is 9.61 Å². The van der Waals surface area contributed by atoms with Gasteiger partial charge in [-0.25, -0.2) is 19.9 Å². The average Bonchev–Trinajstić information content (AvgIpc) is 3.15. The lowest BCUT2D eigenvalue weighted by molar-refractivity contribution is 0.0731. The number of imidazole rings is 2. The van der Waals surface area contributed by atoms with Gasteiger partial charge in [0.1, 0.15) is 16.9 Å². The molecule has 0 aliphatic heterocycles. The van der Waals surface area contributed by atoms with Crippen LogP contribution in [-0.4, -0.2) is 44.2 Å². The van der Waals surface area contributed by atoms with E-state index in [1.54, 1.807) is 61.3 Å². The predicted octanol–water partition coefficient (Wildman–Crippen LogP) is 1.29. The van der Waals surface area contributed by atoms with Crippen LogP contribution in [-0.2, 0) is 11.2 Å². The van der Waals surface area contributed by atoms with Crippen LogP contribution in [0.2, 0.25) is 0 Å². The second-order valence-corrected chi connectivity index (χ2v) is 7.24. The van der Waals surface area contributed by atoms with Crippen molar-refractivity contribution in [1.29, 1.82) is 0 Å². The maximum absolute atomic E-state index is 10.1. The van der Waals surface area contributed by atoms with Crippen molar-refractivity contribution >= 4 is 11.6 Å². The SMILES string of the molecule is CC(C)(O)c1ccn2c(-c3cnc4nc(C(C)(C)O)cnn34)cnc2n1. The largest absolute Gasteiger partial charge is 0.384 e. The van der Waals surface area contributed by atoms with E-state index in [9.17, 15) is 10.2 Å². The van der Waals surface area contributed by atoms with Gasteiger partial charge < -0.3 is 10.2 Å². The number of aliphatic hydroxyl groups is 2. The zero-order chi connectivity index (χ0) is 18.7. The molecule has 4 aromatic rings. The Balaban J connectivity index is 1.85. The second-order valence-electron chi connectivity index (χ2n) is 7.24. The Morgan fingerprint density at radius 1 is 0.808 bits per heavy atom. The number of hydrogen-bond donors (Lipinski definition) is 2. The highest BCUT2D eigenvalue weighted by molar-refractivity contribution is 5.61. The molecule has 26 heavy (non-hydrogen) atoms. The van der Waals surface area contributed by atoms with Crippen LogP contribution in [0.1, 0.15) is 39.1 Å². The lowest BCUT2D eigenvalue weighted by atomic mass is 10.1. The molecular formula is C17H19N7O2. The molecule has 4 heterocycles. The molecule has 0 saturated carbocycles. The molecule has 2 N–H and O–H groups in total. The van der Waals surface area contributed by atoms with Gasteiger partial charge in [0, 0.05) is 6.20 Å². The van der Waals surface area contributed by atoms with Gasteiger partial charge in [0.05, 0.1) is 35.7 Å². The average molecular weight is 353 g/mol. The topological polar surface area (TPSA) is 114 Å². The summed E-state index contributed by atoms with van der Waals surface area (Å²) >= 11 is 0. The van der Waals surface area contributed by atoms with Gasteiger partial charge in [-0.05, 0) is 33.8 Å². The van der Waals surface area contributed by atoms with Crippen molar-refractivity contribution in [2.75, 3.05) is 0 Å². The lowest BCUT2D eigenvalue weighted by Gasteiger charge is -2.16. The third-order valence-electron chi connectivity index (χ3n) is 4.13. The molecule has 9 heteroatoms. The van der Waals surface area contributed by atoms with Crippen LogP contribution >= 0.6 is 0 Å². The van der Waals surface area contributed by atoms with Gasteiger partial charge in [-0.15, -0.1) is 0 Å². The minimum absolute atomic E-state index is 0.385. The number of fused-ring (bicyclic) bond motifs is 2. The Morgan fingerprint density at radius 2 is 1.42 bits per heavy atom. The molecule has 0 saturated heterocycles. The molecule has 9 nitrogen and oxygen atoms in total. The molecular weight excluding hydrogens is 334 g/mol. The van der Waals surface area contributed by atoms with E-state index >= 15 is 0 Å². The van der Waals surface area contributed by atoms with Gasteiger partial charge >= 0.3 is 0 Å². The summed E-state index contributed by atoms with van der Waals surface area (Å²) in [4.78, 5) is 17.4. The monoisotopic (exact) mass is 353 g/mol. The van der Waals surface area contributed by atoms with Crippen molar-refractivity contribution in [1.82, 2.24) is 34.0 Å². The van der Waals surface area contributed by atoms with Crippen molar-refractivity contribution in [3.05, 3.63) is 42.2 Å². The molecule has 134 valence electrons. The summed E-state index contributed by atoms with van der Waals surface area (Å²) in [6.45, 7) is 6.65. The fourth-order valence-electron chi connectivity index (χ4n) is 2.65. The highest BCUT2D eigenvalue weighted by Crippen LogP contribution is 2.24. The summed E-state index contributed by atoms with van der Waals surface area (Å²) in [5.74, 6) is 0.853. The van der Waals surface area contributed by atoms with E-state index in [2.05, 4.69) is 25.0 Å². The Morgan fingerprint density at radius 3 is 2.12 bits per heavy atom. The quantitative estimate of drug-likeness (QED) is 0.570. The van der Waals surface area contributed by atoms with Gasteiger partial charge in [-0.3, -0.25) is 4.40 Å². The van der Waals surface area contributed by atoms with Crippen LogP contribution in [0.15, 0.2) is 30.9 Å². The number of nitrogens with zero attached hydrogens (tertiary/aromatic N) is 7. The van der Waals surface area contributed by atoms with E-state index in [4.69, 9.17) is 0 Å². The minimum Gasteiger partial charge on any atom is -0.384 e. The van der Waals surface area contributed by atoms with Crippen LogP contribution in [0.25, 0.3) is 22.9 Å². The third kappa shape index (κ3) is 2.61. The Hall–Kier alpha value is -2.91. The van der Waals surface area contributed by atoms with Gasteiger partial charge in [0.25, 0.3) is 5.78 Å². The molecule has 0 spiro atoms. The fraction of sp³-hybridized carbons (Fsp3) is 0.353. The smallest absolute Gasteiger partial charge is 0.251 e. The molecule has 0 amide bonds. The number of hydrogen-bond acceptors (Lipinski definition) is 7. The Labute approximate surface area is 149 Å². The maximum Gasteiger partial charge on any atom is 0.251 e. The third-order valence-corrected chi connectivity index (χ3v) is 4.13. The molecule has 4 rings (SSSR count). The van der Waals surface area contributed by atoms with Gasteiger partial charge in [0.2, 0.25) is 5.78 Å². The van der Waals surface area contributed by atoms with Crippen molar-refractivity contribution in [3.63, 3.8) is 0 Å². The van der Waals surface area contributed by atoms with E-state index in [0.29, 0.717) is 28.6 Å². The first-order valence-electron chi connectivity index (χ1n) is 8.15. The van der Waals surface area contributed by atoms with Crippen molar-refractivity contribution in [2.24, 2.45) is 0 Å². The zero-order valence-electron chi connectivity index (χ0n) is 14.9. The zero-order valence-corrected chi connectivity index (χ0v) is 14.9. The highest BCUT2D eigenvalue weighted by atomic mass is 16.3. The molecule has 4 aromatic heterocycles. The first-order valence-corrected chi connectivity index (χ1v) is 8.15. The summed E-state index contributed by atoms with van der Waals surface area (Å²) in [5, 5.41) is 24.6. The summed E-state index contributed by atoms with van der Waals surface area (Å²) in [6.07, 6.45) is 6.64. The molecule has 0 atom stereocenters. The molecule has 0 aliphatic rings. The molecule has 0 unspecified atom stereocenters. The number of rotatable bonds is 3.